The third kappa shape index (κ3) is 3.95. The molecular weight excluding hydrogens is 327 g/mol. The van der Waals surface area contributed by atoms with E-state index in [1.807, 2.05) is 0 Å². The van der Waals surface area contributed by atoms with Crippen molar-refractivity contribution in [1.82, 2.24) is 9.97 Å². The Morgan fingerprint density at radius 3 is 3.04 bits per heavy atom. The van der Waals surface area contributed by atoms with Gasteiger partial charge in [-0.25, -0.2) is 4.98 Å². The van der Waals surface area contributed by atoms with E-state index >= 15 is 0 Å². The first-order chi connectivity index (χ1) is 12.0. The molecule has 2 aliphatic heterocycles. The van der Waals surface area contributed by atoms with Crippen LogP contribution in [-0.2, 0) is 11.2 Å². The number of anilines is 1. The molecule has 0 amide bonds. The molecule has 0 bridgehead atoms. The van der Waals surface area contributed by atoms with Crippen molar-refractivity contribution in [3.8, 4) is 12.3 Å². The first-order valence-corrected chi connectivity index (χ1v) is 8.29. The van der Waals surface area contributed by atoms with Crippen LogP contribution in [0.3, 0.4) is 0 Å². The van der Waals surface area contributed by atoms with Crippen LogP contribution in [0.25, 0.3) is 0 Å². The summed E-state index contributed by atoms with van der Waals surface area (Å²) < 4.78 is 19.1. The molecule has 5 atom stereocenters. The first kappa shape index (κ1) is 17.7. The summed E-state index contributed by atoms with van der Waals surface area (Å²) in [6.45, 7) is 0. The van der Waals surface area contributed by atoms with Crippen LogP contribution < -0.4 is 5.73 Å². The summed E-state index contributed by atoms with van der Waals surface area (Å²) >= 11 is 0. The molecule has 0 radical (unpaired) electrons. The molecule has 0 aliphatic carbocycles. The van der Waals surface area contributed by atoms with Gasteiger partial charge in [-0.05, 0) is 25.2 Å². The van der Waals surface area contributed by atoms with Crippen molar-refractivity contribution in [2.45, 2.75) is 56.5 Å². The number of terminal acetylenes is 1. The molecule has 1 fully saturated rings. The van der Waals surface area contributed by atoms with Gasteiger partial charge in [-0.1, -0.05) is 0 Å². The molecule has 3 heterocycles. The minimum Gasteiger partial charge on any atom is -0.390 e. The summed E-state index contributed by atoms with van der Waals surface area (Å²) in [6, 6.07) is 0. The zero-order valence-corrected chi connectivity index (χ0v) is 13.7. The number of nitrogens with zero attached hydrogens (tertiary/aromatic N) is 3. The minimum absolute atomic E-state index is 0.0319. The maximum Gasteiger partial charge on any atom is 0.310 e. The van der Waals surface area contributed by atoms with Crippen molar-refractivity contribution in [3.63, 3.8) is 0 Å². The highest BCUT2D eigenvalue weighted by Crippen LogP contribution is 2.33. The molecule has 0 aromatic carbocycles. The number of aliphatic hydroxyl groups is 2. The molecule has 25 heavy (non-hydrogen) atoms. The lowest BCUT2D eigenvalue weighted by Gasteiger charge is -2.20. The van der Waals surface area contributed by atoms with Gasteiger partial charge in [-0.3, -0.25) is 4.99 Å². The van der Waals surface area contributed by atoms with Gasteiger partial charge < -0.3 is 20.7 Å². The summed E-state index contributed by atoms with van der Waals surface area (Å²) in [5, 5.41) is 20.0. The third-order valence-electron chi connectivity index (χ3n) is 4.63. The number of nitrogen functional groups attached to an aromatic ring is 1. The molecule has 2 unspecified atom stereocenters. The molecule has 8 heteroatoms. The van der Waals surface area contributed by atoms with E-state index in [1.54, 1.807) is 6.21 Å². The van der Waals surface area contributed by atoms with Gasteiger partial charge >= 0.3 is 6.08 Å². The van der Waals surface area contributed by atoms with Crippen molar-refractivity contribution in [2.24, 2.45) is 10.9 Å². The van der Waals surface area contributed by atoms with Gasteiger partial charge in [0.15, 0.2) is 5.82 Å². The van der Waals surface area contributed by atoms with Gasteiger partial charge in [0.1, 0.15) is 11.8 Å². The first-order valence-electron chi connectivity index (χ1n) is 8.29. The predicted octanol–water partition coefficient (Wildman–Crippen LogP) is 0.755. The second kappa shape index (κ2) is 7.44. The van der Waals surface area contributed by atoms with E-state index in [-0.39, 0.29) is 24.3 Å². The van der Waals surface area contributed by atoms with E-state index < -0.39 is 24.4 Å². The van der Waals surface area contributed by atoms with E-state index in [0.717, 1.165) is 0 Å². The number of fused-ring (bicyclic) bond motifs is 1. The lowest BCUT2D eigenvalue weighted by molar-refractivity contribution is -0.0656. The Kier molecular flexibility index (Phi) is 5.27. The van der Waals surface area contributed by atoms with E-state index in [0.29, 0.717) is 37.1 Å². The Labute approximate surface area is 145 Å². The van der Waals surface area contributed by atoms with Gasteiger partial charge in [0.25, 0.3) is 0 Å². The van der Waals surface area contributed by atoms with Crippen LogP contribution in [-0.4, -0.2) is 50.8 Å². The fourth-order valence-electron chi connectivity index (χ4n) is 3.41. The van der Waals surface area contributed by atoms with Gasteiger partial charge in [0.05, 0.1) is 24.0 Å². The molecule has 134 valence electrons. The van der Waals surface area contributed by atoms with Crippen LogP contribution in [0, 0.1) is 24.3 Å². The second-order valence-corrected chi connectivity index (χ2v) is 6.49. The number of aromatic nitrogens is 2. The zero-order chi connectivity index (χ0) is 18.0. The van der Waals surface area contributed by atoms with Crippen LogP contribution in [0.2, 0.25) is 0 Å². The van der Waals surface area contributed by atoms with E-state index in [4.69, 9.17) is 16.9 Å². The number of nitrogens with two attached hydrogens (primary N) is 1. The van der Waals surface area contributed by atoms with Gasteiger partial charge in [-0.2, -0.15) is 9.37 Å². The molecule has 3 rings (SSSR count). The number of aryl methyl sites for hydroxylation is 1. The number of hydrogen-bond donors (Lipinski definition) is 3. The Hall–Kier alpha value is -2.08. The fourth-order valence-corrected chi connectivity index (χ4v) is 3.41. The SMILES string of the molecule is C#CCC(O)[C@H]1O[C@@H](CC2C=Nc3c(N)nc(F)nc3CC2)C[C@@H]1O. The normalized spacial score (nSPS) is 29.7. The lowest BCUT2D eigenvalue weighted by Crippen LogP contribution is -2.34. The summed E-state index contributed by atoms with van der Waals surface area (Å²) in [5.74, 6) is 2.47. The number of ether oxygens (including phenoxy) is 1. The van der Waals surface area contributed by atoms with Crippen molar-refractivity contribution in [2.75, 3.05) is 5.73 Å². The standard InChI is InChI=1S/C17H21FN4O3/c1-2-3-12(23)15-13(24)7-10(25-15)6-9-4-5-11-14(20-8-9)16(19)22-17(18)21-11/h1,8-10,12-13,15,23-24H,3-7H2,(H2,19,21,22)/t9?,10-,12?,13-,15+/m0/s1. The Balaban J connectivity index is 1.63. The van der Waals surface area contributed by atoms with E-state index in [2.05, 4.69) is 20.9 Å². The maximum absolute atomic E-state index is 13.3. The Morgan fingerprint density at radius 1 is 1.48 bits per heavy atom. The Morgan fingerprint density at radius 2 is 2.28 bits per heavy atom. The van der Waals surface area contributed by atoms with Gasteiger partial charge in [0.2, 0.25) is 0 Å². The minimum atomic E-state index is -0.880. The average molecular weight is 348 g/mol. The second-order valence-electron chi connectivity index (χ2n) is 6.49. The van der Waals surface area contributed by atoms with Crippen LogP contribution in [0.15, 0.2) is 4.99 Å². The molecule has 0 spiro atoms. The maximum atomic E-state index is 13.3. The molecule has 2 aliphatic rings. The summed E-state index contributed by atoms with van der Waals surface area (Å²) in [4.78, 5) is 11.6. The Bertz CT molecular complexity index is 706. The molecular formula is C17H21FN4O3. The monoisotopic (exact) mass is 348 g/mol. The van der Waals surface area contributed by atoms with Crippen LogP contribution >= 0.6 is 0 Å². The number of hydrogen-bond acceptors (Lipinski definition) is 7. The van der Waals surface area contributed by atoms with Crippen LogP contribution in [0.1, 0.15) is 31.4 Å². The predicted molar refractivity (Wildman–Crippen MR) is 89.7 cm³/mol. The molecule has 1 aromatic rings. The van der Waals surface area contributed by atoms with Crippen LogP contribution in [0.4, 0.5) is 15.9 Å². The average Bonchev–Trinajstić information content (AvgIpc) is 2.79. The highest BCUT2D eigenvalue weighted by Gasteiger charge is 2.38. The molecule has 1 aromatic heterocycles. The van der Waals surface area contributed by atoms with Crippen molar-refractivity contribution >= 4 is 17.7 Å². The molecule has 4 N–H and O–H groups in total. The summed E-state index contributed by atoms with van der Waals surface area (Å²) in [6.07, 6.45) is 6.04. The number of aliphatic imine (C=N–C) groups is 1. The number of rotatable bonds is 4. The lowest BCUT2D eigenvalue weighted by atomic mass is 9.95. The number of aliphatic hydroxyl groups excluding tert-OH is 2. The topological polar surface area (TPSA) is 114 Å². The quantitative estimate of drug-likeness (QED) is 0.547. The zero-order valence-electron chi connectivity index (χ0n) is 13.7. The van der Waals surface area contributed by atoms with Gasteiger partial charge in [-0.15, -0.1) is 12.3 Å². The largest absolute Gasteiger partial charge is 0.390 e. The molecule has 0 saturated carbocycles. The summed E-state index contributed by atoms with van der Waals surface area (Å²) in [5.41, 5.74) is 6.63. The van der Waals surface area contributed by atoms with Crippen molar-refractivity contribution < 1.29 is 19.3 Å². The molecule has 1 saturated heterocycles. The van der Waals surface area contributed by atoms with E-state index in [1.165, 1.54) is 0 Å². The van der Waals surface area contributed by atoms with Gasteiger partial charge in [0, 0.05) is 19.1 Å². The summed E-state index contributed by atoms with van der Waals surface area (Å²) in [7, 11) is 0. The fraction of sp³-hybridized carbons (Fsp3) is 0.588. The van der Waals surface area contributed by atoms with E-state index in [9.17, 15) is 14.6 Å². The highest BCUT2D eigenvalue weighted by molar-refractivity contribution is 5.72. The smallest absolute Gasteiger partial charge is 0.310 e. The highest BCUT2D eigenvalue weighted by atomic mass is 19.1. The number of halogens is 1. The van der Waals surface area contributed by atoms with Crippen LogP contribution in [0.5, 0.6) is 0 Å². The molecule has 7 nitrogen and oxygen atoms in total. The van der Waals surface area contributed by atoms with Crippen molar-refractivity contribution in [3.05, 3.63) is 11.8 Å². The van der Waals surface area contributed by atoms with Crippen molar-refractivity contribution in [1.29, 1.82) is 0 Å². The third-order valence-corrected chi connectivity index (χ3v) is 4.63.